The van der Waals surface area contributed by atoms with Crippen molar-refractivity contribution in [1.82, 2.24) is 9.78 Å². The van der Waals surface area contributed by atoms with Gasteiger partial charge in [-0.25, -0.2) is 4.68 Å². The van der Waals surface area contributed by atoms with Gasteiger partial charge in [0.2, 0.25) is 0 Å². The molecule has 5 nitrogen and oxygen atoms in total. The van der Waals surface area contributed by atoms with E-state index in [0.29, 0.717) is 23.0 Å². The number of aromatic nitrogens is 2. The highest BCUT2D eigenvalue weighted by Crippen LogP contribution is 2.31. The molecule has 0 saturated heterocycles. The van der Waals surface area contributed by atoms with Gasteiger partial charge in [-0.3, -0.25) is 4.79 Å². The third-order valence-electron chi connectivity index (χ3n) is 3.84. The Morgan fingerprint density at radius 1 is 1.33 bits per heavy atom. The fourth-order valence-corrected chi connectivity index (χ4v) is 2.77. The third kappa shape index (κ3) is 2.79. The van der Waals surface area contributed by atoms with Crippen LogP contribution in [0.4, 0.5) is 5.82 Å². The summed E-state index contributed by atoms with van der Waals surface area (Å²) in [5, 5.41) is 16.1. The summed E-state index contributed by atoms with van der Waals surface area (Å²) in [4.78, 5) is 12.3. The van der Waals surface area contributed by atoms with Crippen LogP contribution in [0.15, 0.2) is 36.5 Å². The summed E-state index contributed by atoms with van der Waals surface area (Å²) in [6.45, 7) is 0. The van der Waals surface area contributed by atoms with Crippen LogP contribution in [-0.4, -0.2) is 15.7 Å². The number of nitrogens with one attached hydrogen (secondary N) is 1. The van der Waals surface area contributed by atoms with E-state index in [1.807, 2.05) is 16.8 Å². The number of benzene rings is 1. The van der Waals surface area contributed by atoms with Gasteiger partial charge in [0.15, 0.2) is 0 Å². The van der Waals surface area contributed by atoms with E-state index in [1.165, 1.54) is 12.8 Å². The maximum atomic E-state index is 12.3. The van der Waals surface area contributed by atoms with E-state index in [9.17, 15) is 4.79 Å². The second-order valence-corrected chi connectivity index (χ2v) is 5.25. The summed E-state index contributed by atoms with van der Waals surface area (Å²) in [6, 6.07) is 10.9. The first-order valence-corrected chi connectivity index (χ1v) is 7.13. The van der Waals surface area contributed by atoms with Crippen LogP contribution in [-0.2, 0) is 0 Å². The normalized spacial score (nSPS) is 14.8. The van der Waals surface area contributed by atoms with Gasteiger partial charge in [0.25, 0.3) is 5.91 Å². The minimum atomic E-state index is -0.216. The van der Waals surface area contributed by atoms with E-state index in [2.05, 4.69) is 10.4 Å². The Balaban J connectivity index is 1.79. The minimum Gasteiger partial charge on any atom is -0.307 e. The van der Waals surface area contributed by atoms with Gasteiger partial charge < -0.3 is 5.32 Å². The van der Waals surface area contributed by atoms with Crippen molar-refractivity contribution in [2.75, 3.05) is 5.32 Å². The van der Waals surface area contributed by atoms with Crippen molar-refractivity contribution in [3.8, 4) is 6.07 Å². The molecule has 5 heteroatoms. The highest BCUT2D eigenvalue weighted by molar-refractivity contribution is 6.04. The van der Waals surface area contributed by atoms with Crippen molar-refractivity contribution >= 4 is 11.7 Å². The molecule has 1 aliphatic rings. The molecule has 0 atom stereocenters. The number of nitriles is 1. The molecule has 0 aliphatic heterocycles. The predicted molar refractivity (Wildman–Crippen MR) is 78.8 cm³/mol. The van der Waals surface area contributed by atoms with Crippen molar-refractivity contribution < 1.29 is 4.79 Å². The van der Waals surface area contributed by atoms with E-state index in [-0.39, 0.29) is 5.91 Å². The van der Waals surface area contributed by atoms with Crippen molar-refractivity contribution in [1.29, 1.82) is 5.26 Å². The first-order valence-electron chi connectivity index (χ1n) is 7.13. The maximum absolute atomic E-state index is 12.3. The van der Waals surface area contributed by atoms with Crippen LogP contribution in [0.5, 0.6) is 0 Å². The Kier molecular flexibility index (Phi) is 3.69. The van der Waals surface area contributed by atoms with Crippen LogP contribution in [0.1, 0.15) is 47.6 Å². The number of nitrogens with zero attached hydrogens (tertiary/aromatic N) is 3. The SMILES string of the molecule is N#Cc1cccc(C(=O)Nc2ccnn2C2CCCC2)c1. The molecule has 1 aromatic heterocycles. The first-order chi connectivity index (χ1) is 10.3. The van der Waals surface area contributed by atoms with Crippen molar-refractivity contribution in [3.63, 3.8) is 0 Å². The number of hydrogen-bond acceptors (Lipinski definition) is 3. The molecule has 1 heterocycles. The lowest BCUT2D eigenvalue weighted by Crippen LogP contribution is -2.17. The molecule has 3 rings (SSSR count). The van der Waals surface area contributed by atoms with E-state index < -0.39 is 0 Å². The Labute approximate surface area is 123 Å². The molecule has 2 aromatic rings. The number of anilines is 1. The fraction of sp³-hybridized carbons (Fsp3) is 0.312. The summed E-state index contributed by atoms with van der Waals surface area (Å²) in [5.41, 5.74) is 0.958. The molecule has 1 amide bonds. The average molecular weight is 280 g/mol. The van der Waals surface area contributed by atoms with Crippen molar-refractivity contribution in [2.45, 2.75) is 31.7 Å². The molecular formula is C16H16N4O. The summed E-state index contributed by atoms with van der Waals surface area (Å²) in [7, 11) is 0. The smallest absolute Gasteiger partial charge is 0.256 e. The molecule has 0 spiro atoms. The Hall–Kier alpha value is -2.61. The van der Waals surface area contributed by atoms with Gasteiger partial charge in [-0.05, 0) is 31.0 Å². The van der Waals surface area contributed by atoms with Crippen molar-refractivity contribution in [2.24, 2.45) is 0 Å². The topological polar surface area (TPSA) is 70.7 Å². The Morgan fingerprint density at radius 2 is 2.14 bits per heavy atom. The summed E-state index contributed by atoms with van der Waals surface area (Å²) in [6.07, 6.45) is 6.34. The summed E-state index contributed by atoms with van der Waals surface area (Å²) < 4.78 is 1.90. The molecule has 1 fully saturated rings. The van der Waals surface area contributed by atoms with E-state index in [1.54, 1.807) is 30.5 Å². The van der Waals surface area contributed by atoms with E-state index in [4.69, 9.17) is 5.26 Å². The molecule has 0 unspecified atom stereocenters. The fourth-order valence-electron chi connectivity index (χ4n) is 2.77. The standard InChI is InChI=1S/C16H16N4O/c17-11-12-4-3-5-13(10-12)16(21)19-15-8-9-18-20(15)14-6-1-2-7-14/h3-5,8-10,14H,1-2,6-7H2,(H,19,21). The van der Waals surface area contributed by atoms with E-state index >= 15 is 0 Å². The molecule has 0 radical (unpaired) electrons. The zero-order valence-corrected chi connectivity index (χ0v) is 11.6. The van der Waals surface area contributed by atoms with Gasteiger partial charge in [0.05, 0.1) is 23.9 Å². The maximum Gasteiger partial charge on any atom is 0.256 e. The second kappa shape index (κ2) is 5.80. The molecule has 1 N–H and O–H groups in total. The molecule has 1 aromatic carbocycles. The summed E-state index contributed by atoms with van der Waals surface area (Å²) >= 11 is 0. The second-order valence-electron chi connectivity index (χ2n) is 5.25. The number of rotatable bonds is 3. The van der Waals surface area contributed by atoms with Gasteiger partial charge in [0.1, 0.15) is 5.82 Å². The largest absolute Gasteiger partial charge is 0.307 e. The van der Waals surface area contributed by atoms with Gasteiger partial charge in [0, 0.05) is 11.6 Å². The number of amides is 1. The predicted octanol–water partition coefficient (Wildman–Crippen LogP) is 3.12. The molecule has 1 saturated carbocycles. The highest BCUT2D eigenvalue weighted by atomic mass is 16.1. The monoisotopic (exact) mass is 280 g/mol. The Bertz CT molecular complexity index is 692. The molecular weight excluding hydrogens is 264 g/mol. The van der Waals surface area contributed by atoms with Gasteiger partial charge in [-0.1, -0.05) is 18.9 Å². The quantitative estimate of drug-likeness (QED) is 0.939. The highest BCUT2D eigenvalue weighted by Gasteiger charge is 2.20. The Morgan fingerprint density at radius 3 is 2.90 bits per heavy atom. The van der Waals surface area contributed by atoms with Crippen LogP contribution in [0.2, 0.25) is 0 Å². The van der Waals surface area contributed by atoms with E-state index in [0.717, 1.165) is 12.8 Å². The first kappa shape index (κ1) is 13.4. The summed E-state index contributed by atoms with van der Waals surface area (Å²) in [5.74, 6) is 0.501. The third-order valence-corrected chi connectivity index (χ3v) is 3.84. The van der Waals surface area contributed by atoms with Crippen LogP contribution in [0.25, 0.3) is 0 Å². The number of hydrogen-bond donors (Lipinski definition) is 1. The molecule has 21 heavy (non-hydrogen) atoms. The van der Waals surface area contributed by atoms with Gasteiger partial charge in [-0.2, -0.15) is 10.4 Å². The van der Waals surface area contributed by atoms with Gasteiger partial charge in [-0.15, -0.1) is 0 Å². The van der Waals surface area contributed by atoms with Crippen LogP contribution in [0.3, 0.4) is 0 Å². The molecule has 106 valence electrons. The lowest BCUT2D eigenvalue weighted by atomic mass is 10.1. The zero-order valence-electron chi connectivity index (χ0n) is 11.6. The number of carbonyl (C=O) groups excluding carboxylic acids is 1. The zero-order chi connectivity index (χ0) is 14.7. The molecule has 1 aliphatic carbocycles. The minimum absolute atomic E-state index is 0.216. The number of carbonyl (C=O) groups is 1. The van der Waals surface area contributed by atoms with Gasteiger partial charge >= 0.3 is 0 Å². The molecule has 0 bridgehead atoms. The van der Waals surface area contributed by atoms with Crippen LogP contribution < -0.4 is 5.32 Å². The lowest BCUT2D eigenvalue weighted by Gasteiger charge is -2.14. The van der Waals surface area contributed by atoms with Crippen molar-refractivity contribution in [3.05, 3.63) is 47.7 Å². The van der Waals surface area contributed by atoms with Crippen LogP contribution >= 0.6 is 0 Å². The average Bonchev–Trinajstić information content (AvgIpc) is 3.18. The van der Waals surface area contributed by atoms with Crippen LogP contribution in [0, 0.1) is 11.3 Å². The lowest BCUT2D eigenvalue weighted by molar-refractivity contribution is 0.102.